The Bertz CT molecular complexity index is 344. The zero-order valence-electron chi connectivity index (χ0n) is 7.29. The van der Waals surface area contributed by atoms with Crippen LogP contribution in [0.1, 0.15) is 9.67 Å². The molecule has 14 heavy (non-hydrogen) atoms. The van der Waals surface area contributed by atoms with Crippen LogP contribution in [0.2, 0.25) is 0 Å². The third kappa shape index (κ3) is 7.87. The molecule has 0 aliphatic heterocycles. The summed E-state index contributed by atoms with van der Waals surface area (Å²) >= 11 is 1.45. The molecule has 0 bridgehead atoms. The minimum absolute atomic E-state index is 0.0289. The van der Waals surface area contributed by atoms with Crippen LogP contribution in [0.3, 0.4) is 0 Å². The number of nitrogens with two attached hydrogens (primary N) is 1. The second-order valence-corrected chi connectivity index (χ2v) is 4.76. The lowest BCUT2D eigenvalue weighted by atomic mass is 10.5. The molecule has 0 amide bonds. The average Bonchev–Trinajstić information content (AvgIpc) is 2.54. The van der Waals surface area contributed by atoms with Crippen LogP contribution in [0, 0.1) is 0 Å². The summed E-state index contributed by atoms with van der Waals surface area (Å²) in [5.74, 6) is -0.354. The molecule has 3 N–H and O–H groups in total. The Morgan fingerprint density at radius 2 is 2.21 bits per heavy atom. The highest BCUT2D eigenvalue weighted by molar-refractivity contribution is 7.85. The van der Waals surface area contributed by atoms with Gasteiger partial charge in [0.15, 0.2) is 6.29 Å². The first-order valence-electron chi connectivity index (χ1n) is 3.63. The lowest BCUT2D eigenvalue weighted by molar-refractivity contribution is 0.112. The molecule has 0 spiro atoms. The zero-order valence-corrected chi connectivity index (χ0v) is 8.92. The van der Waals surface area contributed by atoms with E-state index in [1.807, 2.05) is 11.4 Å². The summed E-state index contributed by atoms with van der Waals surface area (Å²) in [6.07, 6.45) is 0.852. The topological polar surface area (TPSA) is 97.5 Å². The normalized spacial score (nSPS) is 10.1. The first kappa shape index (κ1) is 13.2. The maximum atomic E-state index is 9.88. The first-order valence-corrected chi connectivity index (χ1v) is 6.12. The van der Waals surface area contributed by atoms with Crippen molar-refractivity contribution < 1.29 is 17.8 Å². The van der Waals surface area contributed by atoms with Crippen molar-refractivity contribution >= 4 is 27.7 Å². The molecular weight excluding hydrogens is 226 g/mol. The molecule has 0 radical (unpaired) electrons. The second kappa shape index (κ2) is 6.66. The lowest BCUT2D eigenvalue weighted by Crippen LogP contribution is -2.13. The smallest absolute Gasteiger partial charge is 0.266 e. The molecule has 0 aliphatic carbocycles. The Kier molecular flexibility index (Phi) is 6.30. The van der Waals surface area contributed by atoms with E-state index in [-0.39, 0.29) is 12.3 Å². The van der Waals surface area contributed by atoms with Crippen molar-refractivity contribution in [2.75, 3.05) is 12.3 Å². The molecule has 0 saturated carbocycles. The van der Waals surface area contributed by atoms with Crippen LogP contribution in [0.5, 0.6) is 0 Å². The fraction of sp³-hybridized carbons (Fsp3) is 0.286. The van der Waals surface area contributed by atoms with Crippen molar-refractivity contribution in [2.45, 2.75) is 0 Å². The van der Waals surface area contributed by atoms with E-state index in [0.717, 1.165) is 11.2 Å². The average molecular weight is 237 g/mol. The fourth-order valence-corrected chi connectivity index (χ4v) is 1.33. The summed E-state index contributed by atoms with van der Waals surface area (Å²) in [6, 6.07) is 3.64. The van der Waals surface area contributed by atoms with Crippen LogP contribution in [-0.4, -0.2) is 31.6 Å². The van der Waals surface area contributed by atoms with Crippen LogP contribution in [0.25, 0.3) is 0 Å². The summed E-state index contributed by atoms with van der Waals surface area (Å²) in [4.78, 5) is 10.7. The standard InChI is InChI=1S/C5H4OS.C2H7NO3S/c6-4-5-2-1-3-7-5;3-1-2-7(4,5)6/h1-4H;1-3H2,(H,4,5,6). The van der Waals surface area contributed by atoms with Gasteiger partial charge in [-0.3, -0.25) is 9.35 Å². The molecule has 1 heterocycles. The van der Waals surface area contributed by atoms with E-state index in [9.17, 15) is 13.2 Å². The number of aldehydes is 1. The minimum atomic E-state index is -3.80. The predicted molar refractivity (Wildman–Crippen MR) is 55.2 cm³/mol. The van der Waals surface area contributed by atoms with Gasteiger partial charge in [0.2, 0.25) is 0 Å². The van der Waals surface area contributed by atoms with Crippen molar-refractivity contribution in [2.24, 2.45) is 5.73 Å². The van der Waals surface area contributed by atoms with Crippen molar-refractivity contribution in [3.63, 3.8) is 0 Å². The van der Waals surface area contributed by atoms with E-state index < -0.39 is 10.1 Å². The number of thiophene rings is 1. The van der Waals surface area contributed by atoms with Gasteiger partial charge in [0, 0.05) is 6.54 Å². The number of hydrogen-bond acceptors (Lipinski definition) is 5. The van der Waals surface area contributed by atoms with Gasteiger partial charge < -0.3 is 5.73 Å². The molecule has 1 aromatic heterocycles. The van der Waals surface area contributed by atoms with Gasteiger partial charge in [-0.25, -0.2) is 0 Å². The second-order valence-electron chi connectivity index (χ2n) is 2.21. The monoisotopic (exact) mass is 237 g/mol. The van der Waals surface area contributed by atoms with E-state index >= 15 is 0 Å². The van der Waals surface area contributed by atoms with E-state index in [1.54, 1.807) is 6.07 Å². The number of carbonyl (C=O) groups excluding carboxylic acids is 1. The Morgan fingerprint density at radius 1 is 1.57 bits per heavy atom. The van der Waals surface area contributed by atoms with E-state index in [4.69, 9.17) is 10.3 Å². The summed E-state index contributed by atoms with van der Waals surface area (Å²) in [5.41, 5.74) is 4.78. The van der Waals surface area contributed by atoms with Crippen molar-refractivity contribution in [1.82, 2.24) is 0 Å². The van der Waals surface area contributed by atoms with Crippen LogP contribution >= 0.6 is 11.3 Å². The molecule has 7 heteroatoms. The Labute approximate surface area is 86.3 Å². The van der Waals surface area contributed by atoms with E-state index in [1.165, 1.54) is 11.3 Å². The van der Waals surface area contributed by atoms with Crippen molar-refractivity contribution in [3.05, 3.63) is 22.4 Å². The molecule has 5 nitrogen and oxygen atoms in total. The first-order chi connectivity index (χ1) is 6.49. The van der Waals surface area contributed by atoms with Gasteiger partial charge in [0.25, 0.3) is 10.1 Å². The molecule has 0 saturated heterocycles. The highest BCUT2D eigenvalue weighted by atomic mass is 32.2. The highest BCUT2D eigenvalue weighted by Gasteiger charge is 1.98. The molecule has 1 rings (SSSR count). The molecule has 0 fully saturated rings. The molecule has 80 valence electrons. The Hall–Kier alpha value is -0.760. The number of rotatable bonds is 3. The molecule has 0 unspecified atom stereocenters. The molecule has 0 atom stereocenters. The fourth-order valence-electron chi connectivity index (χ4n) is 0.507. The summed E-state index contributed by atoms with van der Waals surface area (Å²) in [5, 5.41) is 1.88. The predicted octanol–water partition coefficient (Wildman–Crippen LogP) is 0.394. The number of hydrogen-bond donors (Lipinski definition) is 2. The van der Waals surface area contributed by atoms with Gasteiger partial charge in [-0.1, -0.05) is 6.07 Å². The zero-order chi connectivity index (χ0) is 11.0. The quantitative estimate of drug-likeness (QED) is 0.585. The van der Waals surface area contributed by atoms with Crippen molar-refractivity contribution in [1.29, 1.82) is 0 Å². The van der Waals surface area contributed by atoms with Gasteiger partial charge in [-0.05, 0) is 11.4 Å². The van der Waals surface area contributed by atoms with Crippen molar-refractivity contribution in [3.8, 4) is 0 Å². The van der Waals surface area contributed by atoms with Gasteiger partial charge >= 0.3 is 0 Å². The Morgan fingerprint density at radius 3 is 2.36 bits per heavy atom. The Balaban J connectivity index is 0.000000241. The van der Waals surface area contributed by atoms with Gasteiger partial charge in [0.05, 0.1) is 10.6 Å². The molecule has 0 aromatic carbocycles. The lowest BCUT2D eigenvalue weighted by Gasteiger charge is -1.86. The van der Waals surface area contributed by atoms with Gasteiger partial charge in [0.1, 0.15) is 0 Å². The summed E-state index contributed by atoms with van der Waals surface area (Å²) < 4.78 is 27.3. The van der Waals surface area contributed by atoms with Crippen LogP contribution in [0.15, 0.2) is 17.5 Å². The van der Waals surface area contributed by atoms with Gasteiger partial charge in [-0.2, -0.15) is 8.42 Å². The molecule has 0 aliphatic rings. The highest BCUT2D eigenvalue weighted by Crippen LogP contribution is 2.03. The third-order valence-electron chi connectivity index (χ3n) is 1.04. The largest absolute Gasteiger partial charge is 0.329 e. The van der Waals surface area contributed by atoms with E-state index in [0.29, 0.717) is 0 Å². The SMILES string of the molecule is NCCS(=O)(=O)O.O=Cc1cccs1. The minimum Gasteiger partial charge on any atom is -0.329 e. The summed E-state index contributed by atoms with van der Waals surface area (Å²) in [7, 11) is -3.80. The van der Waals surface area contributed by atoms with Crippen LogP contribution in [-0.2, 0) is 10.1 Å². The van der Waals surface area contributed by atoms with Crippen LogP contribution in [0.4, 0.5) is 0 Å². The van der Waals surface area contributed by atoms with Gasteiger partial charge in [-0.15, -0.1) is 11.3 Å². The maximum Gasteiger partial charge on any atom is 0.266 e. The van der Waals surface area contributed by atoms with Crippen LogP contribution < -0.4 is 5.73 Å². The van der Waals surface area contributed by atoms with E-state index in [2.05, 4.69) is 0 Å². The molecular formula is C7H11NO4S2. The summed E-state index contributed by atoms with van der Waals surface area (Å²) in [6.45, 7) is -0.0289. The maximum absolute atomic E-state index is 9.88. The number of carbonyl (C=O) groups is 1. The third-order valence-corrected chi connectivity index (χ3v) is 2.58. The molecule has 1 aromatic rings.